The highest BCUT2D eigenvalue weighted by atomic mass is 16.5. The van der Waals surface area contributed by atoms with Gasteiger partial charge in [-0.1, -0.05) is 18.2 Å². The summed E-state index contributed by atoms with van der Waals surface area (Å²) in [4.78, 5) is 31.6. The van der Waals surface area contributed by atoms with Crippen molar-refractivity contribution in [2.75, 3.05) is 11.9 Å². The molecule has 2 atom stereocenters. The minimum Gasteiger partial charge on any atom is -0.479 e. The molecule has 3 aromatic rings. The van der Waals surface area contributed by atoms with E-state index in [9.17, 15) is 4.79 Å². The quantitative estimate of drug-likeness (QED) is 0.606. The number of carboxylic acid groups (broad SMARTS) is 1. The summed E-state index contributed by atoms with van der Waals surface area (Å²) >= 11 is 0. The van der Waals surface area contributed by atoms with Gasteiger partial charge in [0.15, 0.2) is 18.1 Å². The SMILES string of the molecule is Cc1cccc2c1C(OCC(=O)O)=NC(C)([C@H](C)Nc1ncnc3nc[nH]c13)C2. The van der Waals surface area contributed by atoms with Crippen molar-refractivity contribution in [2.24, 2.45) is 4.99 Å². The zero-order chi connectivity index (χ0) is 20.6. The molecule has 0 bridgehead atoms. The van der Waals surface area contributed by atoms with E-state index in [2.05, 4.69) is 25.3 Å². The summed E-state index contributed by atoms with van der Waals surface area (Å²) in [6, 6.07) is 5.86. The van der Waals surface area contributed by atoms with E-state index in [1.54, 1.807) is 6.33 Å². The Morgan fingerprint density at radius 2 is 2.21 bits per heavy atom. The van der Waals surface area contributed by atoms with Gasteiger partial charge < -0.3 is 20.1 Å². The molecule has 9 heteroatoms. The first-order chi connectivity index (χ1) is 13.9. The third kappa shape index (κ3) is 3.51. The van der Waals surface area contributed by atoms with Gasteiger partial charge in [-0.2, -0.15) is 0 Å². The molecule has 9 nitrogen and oxygen atoms in total. The van der Waals surface area contributed by atoms with Crippen LogP contribution >= 0.6 is 0 Å². The second-order valence-electron chi connectivity index (χ2n) is 7.43. The maximum atomic E-state index is 11.1. The predicted octanol–water partition coefficient (Wildman–Crippen LogP) is 2.32. The van der Waals surface area contributed by atoms with E-state index < -0.39 is 18.1 Å². The highest BCUT2D eigenvalue weighted by Gasteiger charge is 2.38. The zero-order valence-corrected chi connectivity index (χ0v) is 16.4. The first-order valence-electron chi connectivity index (χ1n) is 9.31. The van der Waals surface area contributed by atoms with Crippen molar-refractivity contribution in [3.63, 3.8) is 0 Å². The molecule has 1 aromatic carbocycles. The van der Waals surface area contributed by atoms with Gasteiger partial charge in [-0.25, -0.2) is 24.7 Å². The summed E-state index contributed by atoms with van der Waals surface area (Å²) < 4.78 is 5.59. The smallest absolute Gasteiger partial charge is 0.341 e. The third-order valence-electron chi connectivity index (χ3n) is 5.32. The normalized spacial score (nSPS) is 19.3. The number of ether oxygens (including phenoxy) is 1. The van der Waals surface area contributed by atoms with Gasteiger partial charge in [0.1, 0.15) is 11.8 Å². The number of aryl methyl sites for hydroxylation is 1. The highest BCUT2D eigenvalue weighted by molar-refractivity contribution is 5.99. The number of anilines is 1. The van der Waals surface area contributed by atoms with Crippen LogP contribution in [0.2, 0.25) is 0 Å². The maximum Gasteiger partial charge on any atom is 0.341 e. The largest absolute Gasteiger partial charge is 0.479 e. The Morgan fingerprint density at radius 1 is 1.38 bits per heavy atom. The van der Waals surface area contributed by atoms with Crippen LogP contribution in [0.15, 0.2) is 35.8 Å². The molecule has 0 amide bonds. The first-order valence-corrected chi connectivity index (χ1v) is 9.31. The monoisotopic (exact) mass is 394 g/mol. The van der Waals surface area contributed by atoms with Crippen molar-refractivity contribution in [1.82, 2.24) is 19.9 Å². The van der Waals surface area contributed by atoms with Gasteiger partial charge in [0, 0.05) is 12.0 Å². The van der Waals surface area contributed by atoms with Crippen molar-refractivity contribution in [3.05, 3.63) is 47.5 Å². The molecule has 0 saturated carbocycles. The van der Waals surface area contributed by atoms with Crippen LogP contribution in [0.5, 0.6) is 0 Å². The molecule has 0 radical (unpaired) electrons. The number of aromatic nitrogens is 4. The lowest BCUT2D eigenvalue weighted by Crippen LogP contribution is -2.46. The van der Waals surface area contributed by atoms with E-state index in [4.69, 9.17) is 14.8 Å². The number of imidazole rings is 1. The van der Waals surface area contributed by atoms with Crippen molar-refractivity contribution in [2.45, 2.75) is 38.8 Å². The van der Waals surface area contributed by atoms with Crippen LogP contribution < -0.4 is 5.32 Å². The summed E-state index contributed by atoms with van der Waals surface area (Å²) in [6.07, 6.45) is 3.71. The van der Waals surface area contributed by atoms with Gasteiger partial charge in [0.2, 0.25) is 5.90 Å². The molecule has 0 aliphatic carbocycles. The second-order valence-corrected chi connectivity index (χ2v) is 7.43. The van der Waals surface area contributed by atoms with Crippen LogP contribution in [0.3, 0.4) is 0 Å². The van der Waals surface area contributed by atoms with Crippen LogP contribution in [-0.4, -0.2) is 55.1 Å². The van der Waals surface area contributed by atoms with Crippen molar-refractivity contribution < 1.29 is 14.6 Å². The number of fused-ring (bicyclic) bond motifs is 2. The number of hydrogen-bond acceptors (Lipinski definition) is 7. The Balaban J connectivity index is 1.69. The molecule has 0 spiro atoms. The first kappa shape index (κ1) is 18.9. The van der Waals surface area contributed by atoms with Crippen molar-refractivity contribution >= 4 is 28.8 Å². The van der Waals surface area contributed by atoms with E-state index in [1.165, 1.54) is 6.33 Å². The Morgan fingerprint density at radius 3 is 3.00 bits per heavy atom. The number of nitrogens with one attached hydrogen (secondary N) is 2. The molecule has 1 aliphatic heterocycles. The molecule has 3 heterocycles. The zero-order valence-electron chi connectivity index (χ0n) is 16.4. The fourth-order valence-electron chi connectivity index (χ4n) is 3.61. The molecule has 0 saturated heterocycles. The number of carboxylic acids is 1. The number of carbonyl (C=O) groups is 1. The lowest BCUT2D eigenvalue weighted by atomic mass is 9.81. The van der Waals surface area contributed by atoms with E-state index >= 15 is 0 Å². The summed E-state index contributed by atoms with van der Waals surface area (Å²) in [5, 5.41) is 12.5. The third-order valence-corrected chi connectivity index (χ3v) is 5.32. The molecule has 1 aliphatic rings. The Kier molecular flexibility index (Phi) is 4.65. The predicted molar refractivity (Wildman–Crippen MR) is 108 cm³/mol. The fourth-order valence-corrected chi connectivity index (χ4v) is 3.61. The van der Waals surface area contributed by atoms with Crippen LogP contribution in [0.4, 0.5) is 5.82 Å². The topological polar surface area (TPSA) is 125 Å². The number of aliphatic carboxylic acids is 1. The molecule has 3 N–H and O–H groups in total. The van der Waals surface area contributed by atoms with Crippen molar-refractivity contribution in [1.29, 1.82) is 0 Å². The van der Waals surface area contributed by atoms with Gasteiger partial charge in [-0.3, -0.25) is 0 Å². The molecule has 150 valence electrons. The lowest BCUT2D eigenvalue weighted by molar-refractivity contribution is -0.139. The average Bonchev–Trinajstić information content (AvgIpc) is 3.16. The lowest BCUT2D eigenvalue weighted by Gasteiger charge is -2.37. The molecule has 29 heavy (non-hydrogen) atoms. The average molecular weight is 394 g/mol. The summed E-state index contributed by atoms with van der Waals surface area (Å²) in [6.45, 7) is 5.57. The Hall–Kier alpha value is -3.49. The second kappa shape index (κ2) is 7.16. The minimum atomic E-state index is -1.04. The van der Waals surface area contributed by atoms with Crippen LogP contribution in [0.1, 0.15) is 30.5 Å². The highest BCUT2D eigenvalue weighted by Crippen LogP contribution is 2.33. The number of rotatable bonds is 5. The molecule has 0 fully saturated rings. The van der Waals surface area contributed by atoms with Crippen LogP contribution in [0, 0.1) is 6.92 Å². The summed E-state index contributed by atoms with van der Waals surface area (Å²) in [5.74, 6) is -0.0411. The van der Waals surface area contributed by atoms with Crippen molar-refractivity contribution in [3.8, 4) is 0 Å². The number of nitrogens with zero attached hydrogens (tertiary/aromatic N) is 4. The van der Waals surface area contributed by atoms with Crippen LogP contribution in [-0.2, 0) is 16.0 Å². The molecular weight excluding hydrogens is 372 g/mol. The van der Waals surface area contributed by atoms with Gasteiger partial charge in [-0.05, 0) is 31.9 Å². The van der Waals surface area contributed by atoms with Gasteiger partial charge in [-0.15, -0.1) is 0 Å². The maximum absolute atomic E-state index is 11.1. The van der Waals surface area contributed by atoms with Gasteiger partial charge in [0.05, 0.1) is 17.9 Å². The van der Waals surface area contributed by atoms with E-state index in [-0.39, 0.29) is 6.04 Å². The summed E-state index contributed by atoms with van der Waals surface area (Å²) in [7, 11) is 0. The van der Waals surface area contributed by atoms with Gasteiger partial charge in [0.25, 0.3) is 0 Å². The number of benzene rings is 1. The fraction of sp³-hybridized carbons (Fsp3) is 0.350. The van der Waals surface area contributed by atoms with Gasteiger partial charge >= 0.3 is 5.97 Å². The molecule has 2 aromatic heterocycles. The molecule has 4 rings (SSSR count). The van der Waals surface area contributed by atoms with E-state index in [0.29, 0.717) is 23.8 Å². The number of H-pyrrole nitrogens is 1. The van der Waals surface area contributed by atoms with Crippen LogP contribution in [0.25, 0.3) is 11.2 Å². The number of aliphatic imine (C=N–C) groups is 1. The summed E-state index contributed by atoms with van der Waals surface area (Å²) in [5.41, 5.74) is 3.68. The standard InChI is InChI=1S/C20H22N6O3/c1-11-5-4-6-13-7-20(3,26-19(15(11)13)29-8-14(27)28)12(2)25-18-16-17(22-9-21-16)23-10-24-18/h4-6,9-10,12H,7-8H2,1-3H3,(H,27,28)(H2,21,22,23,24,25)/t12-,20?/m0/s1. The Labute approximate surface area is 167 Å². The number of aromatic amines is 1. The van der Waals surface area contributed by atoms with E-state index in [0.717, 1.165) is 22.2 Å². The molecule has 1 unspecified atom stereocenters. The Bertz CT molecular complexity index is 1110. The van der Waals surface area contributed by atoms with E-state index in [1.807, 2.05) is 39.0 Å². The minimum absolute atomic E-state index is 0.138. The molecular formula is C20H22N6O3. The number of hydrogen-bond donors (Lipinski definition) is 3.